The van der Waals surface area contributed by atoms with Crippen LogP contribution >= 0.6 is 11.6 Å². The third-order valence-electron chi connectivity index (χ3n) is 7.09. The number of aromatic nitrogens is 2. The molecule has 0 spiro atoms. The summed E-state index contributed by atoms with van der Waals surface area (Å²) in [5.41, 5.74) is -0.192. The topological polar surface area (TPSA) is 80.9 Å². The summed E-state index contributed by atoms with van der Waals surface area (Å²) in [6, 6.07) is 29.5. The van der Waals surface area contributed by atoms with Crippen LogP contribution in [0.3, 0.4) is 0 Å². The van der Waals surface area contributed by atoms with E-state index in [1.807, 2.05) is 91.0 Å². The Morgan fingerprint density at radius 3 is 1.90 bits per heavy atom. The van der Waals surface area contributed by atoms with Crippen LogP contribution in [0.4, 0.5) is 4.39 Å². The zero-order chi connectivity index (χ0) is 29.4. The third-order valence-corrected chi connectivity index (χ3v) is 7.54. The summed E-state index contributed by atoms with van der Waals surface area (Å²) in [6.45, 7) is -0.860. The van der Waals surface area contributed by atoms with Crippen LogP contribution in [0.5, 0.6) is 0 Å². The molecule has 0 radical (unpaired) electrons. The second-order valence-corrected chi connectivity index (χ2v) is 10.6. The van der Waals surface area contributed by atoms with Gasteiger partial charge < -0.3 is 18.9 Å². The van der Waals surface area contributed by atoms with E-state index in [-0.39, 0.29) is 33.2 Å². The summed E-state index contributed by atoms with van der Waals surface area (Å²) in [6.07, 6.45) is -0.824. The lowest BCUT2D eigenvalue weighted by Crippen LogP contribution is -2.49. The number of halogens is 2. The van der Waals surface area contributed by atoms with Gasteiger partial charge in [0.15, 0.2) is 6.23 Å². The summed E-state index contributed by atoms with van der Waals surface area (Å²) in [5, 5.41) is -0.987. The Morgan fingerprint density at radius 1 is 0.786 bits per heavy atom. The number of benzene rings is 3. The van der Waals surface area contributed by atoms with Crippen LogP contribution in [0.15, 0.2) is 113 Å². The maximum atomic E-state index is 15.0. The van der Waals surface area contributed by atoms with Gasteiger partial charge in [0, 0.05) is 12.3 Å². The van der Waals surface area contributed by atoms with Gasteiger partial charge in [-0.3, -0.25) is 9.36 Å². The maximum absolute atomic E-state index is 15.0. The minimum atomic E-state index is -1.61. The molecule has 1 fully saturated rings. The van der Waals surface area contributed by atoms with E-state index < -0.39 is 41.2 Å². The molecule has 3 aromatic carbocycles. The van der Waals surface area contributed by atoms with Crippen LogP contribution < -0.4 is 11.2 Å². The van der Waals surface area contributed by atoms with Crippen molar-refractivity contribution in [1.29, 1.82) is 0 Å². The van der Waals surface area contributed by atoms with E-state index >= 15 is 0 Å². The molecule has 2 heterocycles. The molecule has 0 unspecified atom stereocenters. The number of rotatable bonds is 13. The summed E-state index contributed by atoms with van der Waals surface area (Å²) in [5.74, 6) is 0. The largest absolute Gasteiger partial charge is 0.374 e. The average molecular weight is 595 g/mol. The van der Waals surface area contributed by atoms with E-state index in [9.17, 15) is 14.0 Å². The lowest BCUT2D eigenvalue weighted by atomic mass is 9.98. The van der Waals surface area contributed by atoms with Crippen LogP contribution in [0.25, 0.3) is 0 Å². The minimum Gasteiger partial charge on any atom is -0.374 e. The zero-order valence-corrected chi connectivity index (χ0v) is 23.6. The first-order chi connectivity index (χ1) is 20.5. The first-order valence-corrected chi connectivity index (χ1v) is 14.0. The van der Waals surface area contributed by atoms with E-state index in [2.05, 4.69) is 0 Å². The van der Waals surface area contributed by atoms with Crippen LogP contribution in [0, 0.1) is 0 Å². The molecule has 0 bridgehead atoms. The van der Waals surface area contributed by atoms with Crippen molar-refractivity contribution in [1.82, 2.24) is 9.13 Å². The summed E-state index contributed by atoms with van der Waals surface area (Å²) in [4.78, 5) is 26.1. The van der Waals surface area contributed by atoms with Crippen molar-refractivity contribution in [3.8, 4) is 0 Å². The number of hydrogen-bond donors (Lipinski definition) is 0. The molecule has 1 aliphatic rings. The van der Waals surface area contributed by atoms with Crippen molar-refractivity contribution in [2.45, 2.75) is 49.9 Å². The normalized spacial score (nSPS) is 21.9. The van der Waals surface area contributed by atoms with Gasteiger partial charge >= 0.3 is 5.69 Å². The van der Waals surface area contributed by atoms with E-state index in [1.54, 1.807) is 0 Å². The van der Waals surface area contributed by atoms with Gasteiger partial charge in [-0.2, -0.15) is 0 Å². The summed E-state index contributed by atoms with van der Waals surface area (Å²) >= 11 is 6.90. The lowest BCUT2D eigenvalue weighted by molar-refractivity contribution is -0.165. The molecule has 220 valence electrons. The summed E-state index contributed by atoms with van der Waals surface area (Å²) in [7, 11) is 0. The number of alkyl halides is 2. The summed E-state index contributed by atoms with van der Waals surface area (Å²) < 4.78 is 41.1. The SMILES string of the molecule is O=c1ccn([C@@H]2O[C@](CF)(COCc3ccccc3)[C@@H](OCc3ccccc3)[C@@H]2Cl)c(=O)n1COCc1ccccc1. The Bertz CT molecular complexity index is 1540. The molecule has 0 N–H and O–H groups in total. The fraction of sp³-hybridized carbons (Fsp3) is 0.312. The van der Waals surface area contributed by atoms with Gasteiger partial charge in [0.25, 0.3) is 5.56 Å². The van der Waals surface area contributed by atoms with Gasteiger partial charge in [-0.15, -0.1) is 11.6 Å². The molecule has 0 saturated carbocycles. The molecule has 5 rings (SSSR count). The van der Waals surface area contributed by atoms with E-state index in [0.29, 0.717) is 0 Å². The van der Waals surface area contributed by atoms with E-state index in [4.69, 9.17) is 30.5 Å². The van der Waals surface area contributed by atoms with Crippen molar-refractivity contribution in [3.05, 3.63) is 141 Å². The van der Waals surface area contributed by atoms with Crippen LogP contribution in [-0.2, 0) is 45.5 Å². The van der Waals surface area contributed by atoms with Gasteiger partial charge in [0.05, 0.1) is 26.4 Å². The highest BCUT2D eigenvalue weighted by Crippen LogP contribution is 2.42. The smallest absolute Gasteiger partial charge is 0.335 e. The number of nitrogens with zero attached hydrogens (tertiary/aromatic N) is 2. The fourth-order valence-electron chi connectivity index (χ4n) is 4.88. The van der Waals surface area contributed by atoms with Crippen molar-refractivity contribution < 1.29 is 23.3 Å². The highest BCUT2D eigenvalue weighted by atomic mass is 35.5. The quantitative estimate of drug-likeness (QED) is 0.206. The molecule has 1 saturated heterocycles. The number of hydrogen-bond acceptors (Lipinski definition) is 6. The molecule has 42 heavy (non-hydrogen) atoms. The third kappa shape index (κ3) is 6.88. The van der Waals surface area contributed by atoms with Gasteiger partial charge in [-0.25, -0.2) is 13.8 Å². The monoisotopic (exact) mass is 594 g/mol. The van der Waals surface area contributed by atoms with E-state index in [0.717, 1.165) is 21.3 Å². The highest BCUT2D eigenvalue weighted by molar-refractivity contribution is 6.21. The van der Waals surface area contributed by atoms with Crippen LogP contribution in [-0.4, -0.2) is 39.5 Å². The Kier molecular flexibility index (Phi) is 9.99. The predicted octanol–water partition coefficient (Wildman–Crippen LogP) is 4.83. The molecule has 1 aromatic heterocycles. The number of ether oxygens (including phenoxy) is 4. The molecule has 10 heteroatoms. The van der Waals surface area contributed by atoms with Gasteiger partial charge in [-0.1, -0.05) is 91.0 Å². The highest BCUT2D eigenvalue weighted by Gasteiger charge is 2.57. The van der Waals surface area contributed by atoms with Gasteiger partial charge in [0.2, 0.25) is 0 Å². The van der Waals surface area contributed by atoms with Crippen LogP contribution in [0.2, 0.25) is 0 Å². The second-order valence-electron chi connectivity index (χ2n) is 10.1. The Labute approximate surface area is 247 Å². The van der Waals surface area contributed by atoms with Crippen LogP contribution in [0.1, 0.15) is 22.9 Å². The van der Waals surface area contributed by atoms with Gasteiger partial charge in [-0.05, 0) is 16.7 Å². The van der Waals surface area contributed by atoms with Crippen molar-refractivity contribution in [3.63, 3.8) is 0 Å². The first-order valence-electron chi connectivity index (χ1n) is 13.6. The first kappa shape index (κ1) is 29.9. The second kappa shape index (κ2) is 14.0. The molecule has 8 nitrogen and oxygen atoms in total. The lowest BCUT2D eigenvalue weighted by Gasteiger charge is -2.32. The standard InChI is InChI=1S/C32H32ClFN2O6/c33-28-29(41-20-26-14-8-3-9-15-26)32(21-34,22-39-18-24-10-4-1-5-11-24)42-30(28)35-17-16-27(37)36(31(35)38)23-40-19-25-12-6-2-7-13-25/h1-17,28-30H,18-23H2/t28-,29-,30+,32+/m0/s1. The average Bonchev–Trinajstić information content (AvgIpc) is 3.30. The van der Waals surface area contributed by atoms with Crippen molar-refractivity contribution >= 4 is 11.6 Å². The minimum absolute atomic E-state index is 0.146. The van der Waals surface area contributed by atoms with Gasteiger partial charge in [0.1, 0.15) is 30.5 Å². The molecule has 4 aromatic rings. The molecule has 1 aliphatic heterocycles. The van der Waals surface area contributed by atoms with Crippen molar-refractivity contribution in [2.75, 3.05) is 13.3 Å². The molecule has 0 amide bonds. The molecular weight excluding hydrogens is 563 g/mol. The Morgan fingerprint density at radius 2 is 1.33 bits per heavy atom. The van der Waals surface area contributed by atoms with Crippen molar-refractivity contribution in [2.24, 2.45) is 0 Å². The Balaban J connectivity index is 1.38. The maximum Gasteiger partial charge on any atom is 0.335 e. The molecular formula is C32H32ClFN2O6. The molecule has 4 atom stereocenters. The Hall–Kier alpha value is -3.60. The zero-order valence-electron chi connectivity index (χ0n) is 22.9. The molecule has 0 aliphatic carbocycles. The fourth-order valence-corrected chi connectivity index (χ4v) is 5.35. The van der Waals surface area contributed by atoms with E-state index in [1.165, 1.54) is 16.8 Å². The predicted molar refractivity (Wildman–Crippen MR) is 156 cm³/mol.